The molecule has 0 bridgehead atoms. The molecule has 0 aliphatic rings. The number of pyridine rings is 1. The van der Waals surface area contributed by atoms with Gasteiger partial charge in [0.15, 0.2) is 6.20 Å². The fraction of sp³-hybridized carbons (Fsp3) is 0. The number of thiol groups is 1. The van der Waals surface area contributed by atoms with E-state index in [4.69, 9.17) is 0 Å². The second-order valence-corrected chi connectivity index (χ2v) is 3.09. The normalized spacial score (nSPS) is 9.64. The van der Waals surface area contributed by atoms with Crippen LogP contribution >= 0.6 is 28.6 Å². The van der Waals surface area contributed by atoms with Gasteiger partial charge < -0.3 is 10.1 Å². The molecular weight excluding hydrogens is 232 g/mol. The smallest absolute Gasteiger partial charge is 0.358 e. The Hall–Kier alpha value is -0.620. The lowest BCUT2D eigenvalue weighted by molar-refractivity contribution is -0.389. The highest BCUT2D eigenvalue weighted by molar-refractivity contribution is 9.10. The lowest BCUT2D eigenvalue weighted by Gasteiger charge is -1.93. The van der Waals surface area contributed by atoms with Gasteiger partial charge in [0.2, 0.25) is 0 Å². The van der Waals surface area contributed by atoms with Gasteiger partial charge in [0.25, 0.3) is 0 Å². The van der Waals surface area contributed by atoms with Crippen molar-refractivity contribution in [2.75, 3.05) is 0 Å². The molecule has 6 heteroatoms. The van der Waals surface area contributed by atoms with Crippen molar-refractivity contribution in [1.29, 1.82) is 0 Å². The zero-order chi connectivity index (χ0) is 8.43. The Morgan fingerprint density at radius 2 is 2.36 bits per heavy atom. The quantitative estimate of drug-likeness (QED) is 0.460. The summed E-state index contributed by atoms with van der Waals surface area (Å²) >= 11 is 7.08. The van der Waals surface area contributed by atoms with Crippen molar-refractivity contribution in [3.63, 3.8) is 0 Å². The third-order valence-corrected chi connectivity index (χ3v) is 2.33. The Morgan fingerprint density at radius 1 is 1.73 bits per heavy atom. The highest BCUT2D eigenvalue weighted by atomic mass is 79.9. The summed E-state index contributed by atoms with van der Waals surface area (Å²) in [5.41, 5.74) is 0. The molecule has 0 fully saturated rings. The molecule has 0 aromatic carbocycles. The zero-order valence-electron chi connectivity index (χ0n) is 5.19. The molecule has 11 heavy (non-hydrogen) atoms. The summed E-state index contributed by atoms with van der Waals surface area (Å²) in [6.45, 7) is 0. The maximum atomic E-state index is 10.2. The molecule has 0 N–H and O–H groups in total. The van der Waals surface area contributed by atoms with Gasteiger partial charge in [-0.05, 0) is 25.8 Å². The first-order valence-electron chi connectivity index (χ1n) is 2.60. The summed E-state index contributed by atoms with van der Waals surface area (Å²) in [6.07, 6.45) is 1.32. The molecule has 1 heterocycles. The van der Waals surface area contributed by atoms with Crippen molar-refractivity contribution in [1.82, 2.24) is 4.98 Å². The third kappa shape index (κ3) is 1.90. The summed E-state index contributed by atoms with van der Waals surface area (Å²) in [5.74, 6) is -0.185. The van der Waals surface area contributed by atoms with E-state index in [0.29, 0.717) is 9.37 Å². The van der Waals surface area contributed by atoms with Crippen LogP contribution in [0.2, 0.25) is 0 Å². The maximum absolute atomic E-state index is 10.2. The van der Waals surface area contributed by atoms with E-state index in [2.05, 4.69) is 33.5 Å². The molecular formula is C5H3BrN2O2S. The molecule has 1 aromatic heterocycles. The van der Waals surface area contributed by atoms with E-state index in [1.807, 2.05) is 0 Å². The van der Waals surface area contributed by atoms with E-state index in [9.17, 15) is 10.1 Å². The molecule has 0 radical (unpaired) electrons. The van der Waals surface area contributed by atoms with Gasteiger partial charge in [0, 0.05) is 4.47 Å². The fourth-order valence-electron chi connectivity index (χ4n) is 0.513. The van der Waals surface area contributed by atoms with Crippen LogP contribution in [0.4, 0.5) is 5.82 Å². The largest absolute Gasteiger partial charge is 0.364 e. The Bertz CT molecular complexity index is 305. The van der Waals surface area contributed by atoms with Crippen LogP contribution in [0.5, 0.6) is 0 Å². The Morgan fingerprint density at radius 3 is 2.82 bits per heavy atom. The van der Waals surface area contributed by atoms with Crippen LogP contribution in [0.25, 0.3) is 0 Å². The van der Waals surface area contributed by atoms with Gasteiger partial charge in [-0.15, -0.1) is 12.6 Å². The summed E-state index contributed by atoms with van der Waals surface area (Å²) in [7, 11) is 0. The lowest BCUT2D eigenvalue weighted by Crippen LogP contribution is -1.91. The van der Waals surface area contributed by atoms with Crippen LogP contribution in [0.15, 0.2) is 21.6 Å². The van der Waals surface area contributed by atoms with Gasteiger partial charge in [-0.25, -0.2) is 0 Å². The van der Waals surface area contributed by atoms with Crippen molar-refractivity contribution < 1.29 is 4.92 Å². The van der Waals surface area contributed by atoms with E-state index in [0.717, 1.165) is 0 Å². The monoisotopic (exact) mass is 234 g/mol. The summed E-state index contributed by atoms with van der Waals surface area (Å²) in [5, 5.41) is 10.2. The molecule has 0 aliphatic heterocycles. The van der Waals surface area contributed by atoms with Crippen LogP contribution in [0, 0.1) is 10.1 Å². The topological polar surface area (TPSA) is 56.0 Å². The lowest BCUT2D eigenvalue weighted by atomic mass is 10.5. The Kier molecular flexibility index (Phi) is 2.45. The van der Waals surface area contributed by atoms with E-state index in [-0.39, 0.29) is 5.82 Å². The predicted molar refractivity (Wildman–Crippen MR) is 45.8 cm³/mol. The standard InChI is InChI=1S/C5H3BrN2O2S/c6-3-1-5(8(9)10)7-2-4(3)11/h1-2,11H. The van der Waals surface area contributed by atoms with Gasteiger partial charge in [0.1, 0.15) is 0 Å². The number of nitro groups is 1. The highest BCUT2D eigenvalue weighted by Crippen LogP contribution is 2.22. The Labute approximate surface area is 76.3 Å². The van der Waals surface area contributed by atoms with Crippen molar-refractivity contribution in [3.05, 3.63) is 26.9 Å². The average Bonchev–Trinajstić information content (AvgIpc) is 1.94. The molecule has 0 spiro atoms. The van der Waals surface area contributed by atoms with Gasteiger partial charge in [-0.3, -0.25) is 0 Å². The second-order valence-electron chi connectivity index (χ2n) is 1.75. The Balaban J connectivity index is 3.15. The van der Waals surface area contributed by atoms with Crippen molar-refractivity contribution >= 4 is 34.4 Å². The van der Waals surface area contributed by atoms with E-state index in [1.54, 1.807) is 0 Å². The first kappa shape index (κ1) is 8.48. The SMILES string of the molecule is O=[N+]([O-])c1cc(Br)c(S)cn1. The van der Waals surface area contributed by atoms with Crippen molar-refractivity contribution in [3.8, 4) is 0 Å². The highest BCUT2D eigenvalue weighted by Gasteiger charge is 2.08. The molecule has 0 saturated heterocycles. The molecule has 4 nitrogen and oxygen atoms in total. The zero-order valence-corrected chi connectivity index (χ0v) is 7.67. The van der Waals surface area contributed by atoms with E-state index >= 15 is 0 Å². The molecule has 0 saturated carbocycles. The van der Waals surface area contributed by atoms with Gasteiger partial charge in [-0.1, -0.05) is 0 Å². The molecule has 0 amide bonds. The predicted octanol–water partition coefficient (Wildman–Crippen LogP) is 2.04. The van der Waals surface area contributed by atoms with Crippen LogP contribution in [0.3, 0.4) is 0 Å². The number of aromatic nitrogens is 1. The van der Waals surface area contributed by atoms with Crippen LogP contribution in [-0.2, 0) is 0 Å². The minimum atomic E-state index is -0.558. The fourth-order valence-corrected chi connectivity index (χ4v) is 0.943. The van der Waals surface area contributed by atoms with Crippen LogP contribution < -0.4 is 0 Å². The number of rotatable bonds is 1. The number of hydrogen-bond acceptors (Lipinski definition) is 4. The molecule has 1 aromatic rings. The first-order valence-corrected chi connectivity index (χ1v) is 3.84. The van der Waals surface area contributed by atoms with Crippen molar-refractivity contribution in [2.45, 2.75) is 4.90 Å². The number of nitrogens with zero attached hydrogens (tertiary/aromatic N) is 2. The number of halogens is 1. The average molecular weight is 235 g/mol. The molecule has 0 aliphatic carbocycles. The number of hydrogen-bond donors (Lipinski definition) is 1. The minimum Gasteiger partial charge on any atom is -0.358 e. The summed E-state index contributed by atoms with van der Waals surface area (Å²) < 4.78 is 0.572. The third-order valence-electron chi connectivity index (χ3n) is 1.01. The summed E-state index contributed by atoms with van der Waals surface area (Å²) in [4.78, 5) is 13.7. The van der Waals surface area contributed by atoms with E-state index < -0.39 is 4.92 Å². The molecule has 0 unspecified atom stereocenters. The van der Waals surface area contributed by atoms with Gasteiger partial charge in [-0.2, -0.15) is 0 Å². The molecule has 58 valence electrons. The van der Waals surface area contributed by atoms with E-state index in [1.165, 1.54) is 12.3 Å². The molecule has 1 rings (SSSR count). The summed E-state index contributed by atoms with van der Waals surface area (Å²) in [6, 6.07) is 1.31. The van der Waals surface area contributed by atoms with Gasteiger partial charge >= 0.3 is 5.82 Å². The van der Waals surface area contributed by atoms with Crippen LogP contribution in [0.1, 0.15) is 0 Å². The minimum absolute atomic E-state index is 0.185. The van der Waals surface area contributed by atoms with Crippen LogP contribution in [-0.4, -0.2) is 9.91 Å². The maximum Gasteiger partial charge on any atom is 0.364 e. The van der Waals surface area contributed by atoms with Gasteiger partial charge in [0.05, 0.1) is 11.0 Å². The second kappa shape index (κ2) is 3.19. The first-order chi connectivity index (χ1) is 5.11. The van der Waals surface area contributed by atoms with Crippen molar-refractivity contribution in [2.24, 2.45) is 0 Å². The molecule has 0 atom stereocenters.